The molecule has 0 aliphatic rings. The highest BCUT2D eigenvalue weighted by Crippen LogP contribution is 2.37. The number of hydrogen-bond donors (Lipinski definition) is 1. The number of nitrogens with one attached hydrogen (secondary N) is 1. The van der Waals surface area contributed by atoms with Crippen molar-refractivity contribution in [3.05, 3.63) is 58.1 Å². The van der Waals surface area contributed by atoms with E-state index in [1.807, 2.05) is 6.07 Å². The number of benzene rings is 2. The maximum atomic E-state index is 12.5. The monoisotopic (exact) mass is 458 g/mol. The summed E-state index contributed by atoms with van der Waals surface area (Å²) in [4.78, 5) is 35.3. The second kappa shape index (κ2) is 11.4. The smallest absolute Gasteiger partial charge is 0.343 e. The third kappa shape index (κ3) is 6.23. The summed E-state index contributed by atoms with van der Waals surface area (Å²) in [6.07, 6.45) is 1.32. The van der Waals surface area contributed by atoms with E-state index < -0.39 is 17.8 Å². The zero-order chi connectivity index (χ0) is 23.7. The summed E-state index contributed by atoms with van der Waals surface area (Å²) in [6, 6.07) is 10.7. The number of nitriles is 1. The van der Waals surface area contributed by atoms with Gasteiger partial charge in [-0.1, -0.05) is 11.6 Å². The Bertz CT molecular complexity index is 1090. The number of anilines is 1. The molecule has 2 aromatic carbocycles. The molecule has 0 saturated carbocycles. The Morgan fingerprint density at radius 3 is 2.34 bits per heavy atom. The van der Waals surface area contributed by atoms with Crippen LogP contribution < -0.4 is 14.8 Å². The minimum atomic E-state index is -0.667. The number of hydrogen-bond acceptors (Lipinski definition) is 8. The fourth-order valence-electron chi connectivity index (χ4n) is 2.47. The Kier molecular flexibility index (Phi) is 8.63. The van der Waals surface area contributed by atoms with Gasteiger partial charge >= 0.3 is 11.9 Å². The van der Waals surface area contributed by atoms with Crippen molar-refractivity contribution in [2.45, 2.75) is 0 Å². The summed E-state index contributed by atoms with van der Waals surface area (Å²) in [5, 5.41) is 12.1. The minimum absolute atomic E-state index is 0.107. The SMILES string of the molecule is COC(=O)COc1c(Cl)cc(/C=C(\C#N)C(=O)Nc2ccc(C(=O)OC)cc2)cc1OC. The lowest BCUT2D eigenvalue weighted by Gasteiger charge is -2.12. The first-order valence-corrected chi connectivity index (χ1v) is 9.39. The molecule has 0 aromatic heterocycles. The standard InChI is InChI=1S/C22H19ClN2O7/c1-29-18-10-13(9-17(23)20(18)32-12-19(26)30-2)8-15(11-24)21(27)25-16-6-4-14(5-7-16)22(28)31-3/h4-10H,12H2,1-3H3,(H,25,27)/b15-8+. The van der Waals surface area contributed by atoms with Gasteiger partial charge in [-0.2, -0.15) is 5.26 Å². The summed E-state index contributed by atoms with van der Waals surface area (Å²) >= 11 is 6.22. The van der Waals surface area contributed by atoms with Gasteiger partial charge in [0, 0.05) is 5.69 Å². The number of rotatable bonds is 8. The topological polar surface area (TPSA) is 124 Å². The Balaban J connectivity index is 2.23. The molecule has 2 aromatic rings. The Morgan fingerprint density at radius 2 is 1.78 bits per heavy atom. The quantitative estimate of drug-likeness (QED) is 0.363. The van der Waals surface area contributed by atoms with Crippen LogP contribution in [0.3, 0.4) is 0 Å². The molecule has 2 rings (SSSR count). The third-order valence-electron chi connectivity index (χ3n) is 4.05. The largest absolute Gasteiger partial charge is 0.493 e. The van der Waals surface area contributed by atoms with Crippen molar-refractivity contribution in [2.24, 2.45) is 0 Å². The van der Waals surface area contributed by atoms with E-state index in [2.05, 4.69) is 14.8 Å². The van der Waals surface area contributed by atoms with Gasteiger partial charge in [-0.15, -0.1) is 0 Å². The van der Waals surface area contributed by atoms with Crippen LogP contribution >= 0.6 is 11.6 Å². The predicted octanol–water partition coefficient (Wildman–Crippen LogP) is 3.23. The zero-order valence-electron chi connectivity index (χ0n) is 17.4. The fraction of sp³-hybridized carbons (Fsp3) is 0.182. The maximum Gasteiger partial charge on any atom is 0.343 e. The first-order valence-electron chi connectivity index (χ1n) is 9.01. The van der Waals surface area contributed by atoms with Gasteiger partial charge in [0.15, 0.2) is 18.1 Å². The molecular formula is C22H19ClN2O7. The van der Waals surface area contributed by atoms with E-state index in [0.29, 0.717) is 16.8 Å². The van der Waals surface area contributed by atoms with Crippen molar-refractivity contribution < 1.29 is 33.3 Å². The van der Waals surface area contributed by atoms with E-state index in [-0.39, 0.29) is 28.7 Å². The Morgan fingerprint density at radius 1 is 1.09 bits per heavy atom. The van der Waals surface area contributed by atoms with Gasteiger partial charge in [0.25, 0.3) is 5.91 Å². The molecule has 0 bridgehead atoms. The van der Waals surface area contributed by atoms with E-state index in [1.54, 1.807) is 0 Å². The first kappa shape index (κ1) is 24.2. The van der Waals surface area contributed by atoms with Crippen LogP contribution in [0.5, 0.6) is 11.5 Å². The Labute approximate surface area is 189 Å². The van der Waals surface area contributed by atoms with E-state index in [1.165, 1.54) is 63.8 Å². The van der Waals surface area contributed by atoms with Gasteiger partial charge in [-0.25, -0.2) is 9.59 Å². The van der Waals surface area contributed by atoms with Crippen LogP contribution in [0.2, 0.25) is 5.02 Å². The lowest BCUT2D eigenvalue weighted by Crippen LogP contribution is -2.14. The number of halogens is 1. The number of methoxy groups -OCH3 is 3. The molecule has 0 radical (unpaired) electrons. The van der Waals surface area contributed by atoms with E-state index in [4.69, 9.17) is 21.1 Å². The zero-order valence-corrected chi connectivity index (χ0v) is 18.2. The molecule has 0 aliphatic heterocycles. The third-order valence-corrected chi connectivity index (χ3v) is 4.33. The lowest BCUT2D eigenvalue weighted by atomic mass is 10.1. The molecule has 0 aliphatic carbocycles. The normalized spacial score (nSPS) is 10.5. The highest BCUT2D eigenvalue weighted by Gasteiger charge is 2.16. The number of carbonyl (C=O) groups excluding carboxylic acids is 3. The van der Waals surface area contributed by atoms with Crippen LogP contribution in [-0.2, 0) is 19.1 Å². The number of amides is 1. The minimum Gasteiger partial charge on any atom is -0.493 e. The molecule has 0 spiro atoms. The molecule has 9 nitrogen and oxygen atoms in total. The molecule has 0 heterocycles. The van der Waals surface area contributed by atoms with Gasteiger partial charge < -0.3 is 24.3 Å². The molecule has 0 atom stereocenters. The van der Waals surface area contributed by atoms with Gasteiger partial charge in [0.1, 0.15) is 11.6 Å². The molecule has 10 heteroatoms. The van der Waals surface area contributed by atoms with Crippen LogP contribution in [0.1, 0.15) is 15.9 Å². The van der Waals surface area contributed by atoms with Crippen LogP contribution in [0.25, 0.3) is 6.08 Å². The van der Waals surface area contributed by atoms with Crippen molar-refractivity contribution in [3.8, 4) is 17.6 Å². The Hall–Kier alpha value is -4.03. The summed E-state index contributed by atoms with van der Waals surface area (Å²) in [6.45, 7) is -0.373. The van der Waals surface area contributed by atoms with Crippen LogP contribution in [0.4, 0.5) is 5.69 Å². The molecule has 0 unspecified atom stereocenters. The number of carbonyl (C=O) groups is 3. The van der Waals surface area contributed by atoms with Gasteiger partial charge in [0.2, 0.25) is 0 Å². The van der Waals surface area contributed by atoms with Gasteiger partial charge in [-0.3, -0.25) is 4.79 Å². The average Bonchev–Trinajstić information content (AvgIpc) is 2.80. The van der Waals surface area contributed by atoms with Crippen molar-refractivity contribution in [1.29, 1.82) is 5.26 Å². The average molecular weight is 459 g/mol. The summed E-state index contributed by atoms with van der Waals surface area (Å²) in [5.74, 6) is -1.46. The first-order chi connectivity index (χ1) is 15.3. The van der Waals surface area contributed by atoms with Crippen molar-refractivity contribution in [1.82, 2.24) is 0 Å². The van der Waals surface area contributed by atoms with Crippen LogP contribution in [-0.4, -0.2) is 45.8 Å². The molecular weight excluding hydrogens is 440 g/mol. The van der Waals surface area contributed by atoms with E-state index in [9.17, 15) is 19.6 Å². The molecule has 0 saturated heterocycles. The maximum absolute atomic E-state index is 12.5. The number of ether oxygens (including phenoxy) is 4. The van der Waals surface area contributed by atoms with Crippen LogP contribution in [0.15, 0.2) is 42.0 Å². The van der Waals surface area contributed by atoms with E-state index >= 15 is 0 Å². The molecule has 1 amide bonds. The summed E-state index contributed by atoms with van der Waals surface area (Å²) < 4.78 is 19.7. The fourth-order valence-corrected chi connectivity index (χ4v) is 2.75. The lowest BCUT2D eigenvalue weighted by molar-refractivity contribution is -0.142. The van der Waals surface area contributed by atoms with Crippen LogP contribution in [0, 0.1) is 11.3 Å². The van der Waals surface area contributed by atoms with Gasteiger partial charge in [-0.05, 0) is 48.0 Å². The van der Waals surface area contributed by atoms with Crippen molar-refractivity contribution in [3.63, 3.8) is 0 Å². The summed E-state index contributed by atoms with van der Waals surface area (Å²) in [5.41, 5.74) is 0.886. The summed E-state index contributed by atoms with van der Waals surface area (Å²) in [7, 11) is 3.86. The highest BCUT2D eigenvalue weighted by atomic mass is 35.5. The predicted molar refractivity (Wildman–Crippen MR) is 116 cm³/mol. The number of nitrogens with zero attached hydrogens (tertiary/aromatic N) is 1. The molecule has 1 N–H and O–H groups in total. The van der Waals surface area contributed by atoms with E-state index in [0.717, 1.165) is 0 Å². The second-order valence-corrected chi connectivity index (χ2v) is 6.50. The second-order valence-electron chi connectivity index (χ2n) is 6.09. The van der Waals surface area contributed by atoms with Crippen molar-refractivity contribution >= 4 is 41.2 Å². The van der Waals surface area contributed by atoms with Gasteiger partial charge in [0.05, 0.1) is 31.9 Å². The van der Waals surface area contributed by atoms with Crippen molar-refractivity contribution in [2.75, 3.05) is 33.3 Å². The molecule has 32 heavy (non-hydrogen) atoms. The number of esters is 2. The molecule has 166 valence electrons. The molecule has 0 fully saturated rings. The highest BCUT2D eigenvalue weighted by molar-refractivity contribution is 6.32.